The van der Waals surface area contributed by atoms with Gasteiger partial charge in [-0.25, -0.2) is 17.9 Å². The van der Waals surface area contributed by atoms with E-state index in [-0.39, 0.29) is 29.0 Å². The van der Waals surface area contributed by atoms with Crippen molar-refractivity contribution in [1.82, 2.24) is 4.72 Å². The summed E-state index contributed by atoms with van der Waals surface area (Å²) in [6, 6.07) is 4.31. The van der Waals surface area contributed by atoms with E-state index in [0.717, 1.165) is 31.2 Å². The lowest BCUT2D eigenvalue weighted by atomic mass is 9.99. The molecule has 0 spiro atoms. The van der Waals surface area contributed by atoms with E-state index < -0.39 is 16.0 Å². The standard InChI is InChI=1S/C16H24N2O4S/c1-11-7-8-15(13(9-11)16(19)22-2)23(20,21)18-14(10-17)12-5-3-4-6-12/h7-9,12,14,18H,3-6,10,17H2,1-2H3. The van der Waals surface area contributed by atoms with Gasteiger partial charge in [0, 0.05) is 12.6 Å². The van der Waals surface area contributed by atoms with Crippen molar-refractivity contribution < 1.29 is 17.9 Å². The van der Waals surface area contributed by atoms with Gasteiger partial charge in [-0.3, -0.25) is 0 Å². The van der Waals surface area contributed by atoms with Crippen LogP contribution in [0.15, 0.2) is 23.1 Å². The van der Waals surface area contributed by atoms with Crippen LogP contribution in [0, 0.1) is 12.8 Å². The number of hydrogen-bond donors (Lipinski definition) is 2. The second-order valence-electron chi connectivity index (χ2n) is 6.00. The maximum Gasteiger partial charge on any atom is 0.339 e. The highest BCUT2D eigenvalue weighted by Gasteiger charge is 2.30. The maximum absolute atomic E-state index is 12.7. The van der Waals surface area contributed by atoms with Crippen LogP contribution in [0.4, 0.5) is 0 Å². The molecular formula is C16H24N2O4S. The summed E-state index contributed by atoms with van der Waals surface area (Å²) < 4.78 is 32.9. The van der Waals surface area contributed by atoms with Crippen molar-refractivity contribution in [3.05, 3.63) is 29.3 Å². The summed E-state index contributed by atoms with van der Waals surface area (Å²) in [4.78, 5) is 11.8. The predicted octanol–water partition coefficient (Wildman–Crippen LogP) is 1.58. The van der Waals surface area contributed by atoms with E-state index in [1.165, 1.54) is 19.2 Å². The number of sulfonamides is 1. The van der Waals surface area contributed by atoms with Crippen LogP contribution in [0.25, 0.3) is 0 Å². The molecule has 0 radical (unpaired) electrons. The third-order valence-corrected chi connectivity index (χ3v) is 5.91. The second-order valence-corrected chi connectivity index (χ2v) is 7.68. The number of carbonyl (C=O) groups is 1. The van der Waals surface area contributed by atoms with Crippen LogP contribution in [0.5, 0.6) is 0 Å². The van der Waals surface area contributed by atoms with Gasteiger partial charge in [0.1, 0.15) is 0 Å². The molecule has 128 valence electrons. The van der Waals surface area contributed by atoms with Crippen LogP contribution in [0.1, 0.15) is 41.6 Å². The highest BCUT2D eigenvalue weighted by Crippen LogP contribution is 2.28. The van der Waals surface area contributed by atoms with E-state index in [1.54, 1.807) is 13.0 Å². The van der Waals surface area contributed by atoms with Crippen molar-refractivity contribution in [3.63, 3.8) is 0 Å². The molecule has 0 aromatic heterocycles. The summed E-state index contributed by atoms with van der Waals surface area (Å²) in [6.45, 7) is 2.03. The number of nitrogens with one attached hydrogen (secondary N) is 1. The van der Waals surface area contributed by atoms with E-state index >= 15 is 0 Å². The highest BCUT2D eigenvalue weighted by molar-refractivity contribution is 7.89. The number of hydrogen-bond acceptors (Lipinski definition) is 5. The third-order valence-electron chi connectivity index (χ3n) is 4.36. The molecule has 0 bridgehead atoms. The molecule has 0 aliphatic heterocycles. The Morgan fingerprint density at radius 1 is 1.39 bits per heavy atom. The van der Waals surface area contributed by atoms with Crippen molar-refractivity contribution in [2.75, 3.05) is 13.7 Å². The SMILES string of the molecule is COC(=O)c1cc(C)ccc1S(=O)(=O)NC(CN)C1CCCC1. The predicted molar refractivity (Wildman–Crippen MR) is 87.6 cm³/mol. The molecule has 0 amide bonds. The van der Waals surface area contributed by atoms with Crippen LogP contribution < -0.4 is 10.5 Å². The first-order valence-corrected chi connectivity index (χ1v) is 9.28. The molecule has 3 N–H and O–H groups in total. The molecule has 0 saturated heterocycles. The van der Waals surface area contributed by atoms with Crippen molar-refractivity contribution in [2.45, 2.75) is 43.5 Å². The molecule has 1 aliphatic rings. The Morgan fingerprint density at radius 3 is 2.61 bits per heavy atom. The lowest BCUT2D eigenvalue weighted by molar-refractivity contribution is 0.0596. The van der Waals surface area contributed by atoms with Gasteiger partial charge >= 0.3 is 5.97 Å². The number of benzene rings is 1. The molecule has 23 heavy (non-hydrogen) atoms. The average molecular weight is 340 g/mol. The van der Waals surface area contributed by atoms with Gasteiger partial charge in [0.15, 0.2) is 0 Å². The van der Waals surface area contributed by atoms with Gasteiger partial charge in [-0.2, -0.15) is 0 Å². The van der Waals surface area contributed by atoms with Crippen LogP contribution in [-0.2, 0) is 14.8 Å². The van der Waals surface area contributed by atoms with Crippen molar-refractivity contribution >= 4 is 16.0 Å². The van der Waals surface area contributed by atoms with Gasteiger partial charge in [0.05, 0.1) is 17.6 Å². The Labute approximate surface area is 137 Å². The van der Waals surface area contributed by atoms with Gasteiger partial charge in [-0.1, -0.05) is 24.5 Å². The fourth-order valence-corrected chi connectivity index (χ4v) is 4.60. The van der Waals surface area contributed by atoms with Gasteiger partial charge in [-0.05, 0) is 37.8 Å². The highest BCUT2D eigenvalue weighted by atomic mass is 32.2. The van der Waals surface area contributed by atoms with Gasteiger partial charge in [-0.15, -0.1) is 0 Å². The number of esters is 1. The Hall–Kier alpha value is -1.44. The van der Waals surface area contributed by atoms with Crippen LogP contribution in [0.3, 0.4) is 0 Å². The molecule has 1 saturated carbocycles. The molecule has 1 atom stereocenters. The molecule has 1 aromatic rings. The first-order chi connectivity index (χ1) is 10.9. The van der Waals surface area contributed by atoms with E-state index in [9.17, 15) is 13.2 Å². The molecular weight excluding hydrogens is 316 g/mol. The minimum Gasteiger partial charge on any atom is -0.465 e. The fraction of sp³-hybridized carbons (Fsp3) is 0.562. The smallest absolute Gasteiger partial charge is 0.339 e. The molecule has 2 rings (SSSR count). The molecule has 1 aromatic carbocycles. The zero-order valence-corrected chi connectivity index (χ0v) is 14.4. The Balaban J connectivity index is 2.33. The molecule has 1 fully saturated rings. The van der Waals surface area contributed by atoms with E-state index in [0.29, 0.717) is 0 Å². The summed E-state index contributed by atoms with van der Waals surface area (Å²) >= 11 is 0. The maximum atomic E-state index is 12.7. The first kappa shape index (κ1) is 17.9. The quantitative estimate of drug-likeness (QED) is 0.766. The fourth-order valence-electron chi connectivity index (χ4n) is 3.11. The van der Waals surface area contributed by atoms with Crippen LogP contribution >= 0.6 is 0 Å². The molecule has 0 heterocycles. The minimum atomic E-state index is -3.84. The summed E-state index contributed by atoms with van der Waals surface area (Å²) in [5.74, 6) is -0.416. The molecule has 7 heteroatoms. The normalized spacial score (nSPS) is 17.2. The van der Waals surface area contributed by atoms with Gasteiger partial charge in [0.25, 0.3) is 0 Å². The largest absolute Gasteiger partial charge is 0.465 e. The lowest BCUT2D eigenvalue weighted by Crippen LogP contribution is -2.44. The van der Waals surface area contributed by atoms with Gasteiger partial charge in [0.2, 0.25) is 10.0 Å². The Morgan fingerprint density at radius 2 is 2.04 bits per heavy atom. The monoisotopic (exact) mass is 340 g/mol. The van der Waals surface area contributed by atoms with Crippen LogP contribution in [-0.4, -0.2) is 34.1 Å². The summed E-state index contributed by atoms with van der Waals surface area (Å²) in [5.41, 5.74) is 6.60. The number of ether oxygens (including phenoxy) is 1. The number of carbonyl (C=O) groups excluding carboxylic acids is 1. The van der Waals surface area contributed by atoms with Crippen LogP contribution in [0.2, 0.25) is 0 Å². The van der Waals surface area contributed by atoms with Crippen molar-refractivity contribution in [2.24, 2.45) is 11.7 Å². The zero-order valence-electron chi connectivity index (χ0n) is 13.5. The Kier molecular flexibility index (Phi) is 5.78. The van der Waals surface area contributed by atoms with E-state index in [2.05, 4.69) is 4.72 Å². The summed E-state index contributed by atoms with van der Waals surface area (Å²) in [7, 11) is -2.61. The topological polar surface area (TPSA) is 98.5 Å². The molecule has 6 nitrogen and oxygen atoms in total. The number of nitrogens with two attached hydrogens (primary N) is 1. The third kappa shape index (κ3) is 4.10. The number of rotatable bonds is 6. The lowest BCUT2D eigenvalue weighted by Gasteiger charge is -2.23. The van der Waals surface area contributed by atoms with E-state index in [4.69, 9.17) is 10.5 Å². The Bertz CT molecular complexity index is 667. The second kappa shape index (κ2) is 7.42. The van der Waals surface area contributed by atoms with Crippen molar-refractivity contribution in [1.29, 1.82) is 0 Å². The summed E-state index contributed by atoms with van der Waals surface area (Å²) in [5, 5.41) is 0. The molecule has 1 aliphatic carbocycles. The van der Waals surface area contributed by atoms with Gasteiger partial charge < -0.3 is 10.5 Å². The number of aryl methyl sites for hydroxylation is 1. The average Bonchev–Trinajstić information content (AvgIpc) is 3.05. The number of methoxy groups -OCH3 is 1. The summed E-state index contributed by atoms with van der Waals surface area (Å²) in [6.07, 6.45) is 4.14. The molecule has 1 unspecified atom stereocenters. The minimum absolute atomic E-state index is 0.0437. The van der Waals surface area contributed by atoms with Crippen molar-refractivity contribution in [3.8, 4) is 0 Å². The van der Waals surface area contributed by atoms with E-state index in [1.807, 2.05) is 0 Å². The first-order valence-electron chi connectivity index (χ1n) is 7.80. The zero-order chi connectivity index (χ0) is 17.0.